The first-order chi connectivity index (χ1) is 8.41. The number of phenols is 2. The first-order valence-electron chi connectivity index (χ1n) is 6.21. The van der Waals surface area contributed by atoms with Crippen molar-refractivity contribution < 1.29 is 15.0 Å². The zero-order valence-electron chi connectivity index (χ0n) is 10.8. The SMILES string of the molecule is CC1(C)CCN(C(=O)c2cccc(O)c2O)CC1. The number of carbonyl (C=O) groups excluding carboxylic acids is 1. The summed E-state index contributed by atoms with van der Waals surface area (Å²) < 4.78 is 0. The van der Waals surface area contributed by atoms with Crippen molar-refractivity contribution >= 4 is 5.91 Å². The van der Waals surface area contributed by atoms with Crippen LogP contribution in [0, 0.1) is 5.41 Å². The first kappa shape index (κ1) is 12.7. The molecule has 1 aromatic rings. The van der Waals surface area contributed by atoms with Crippen LogP contribution in [0.2, 0.25) is 0 Å². The Morgan fingerprint density at radius 3 is 2.44 bits per heavy atom. The zero-order chi connectivity index (χ0) is 13.3. The molecule has 1 aromatic carbocycles. The summed E-state index contributed by atoms with van der Waals surface area (Å²) >= 11 is 0. The molecule has 0 aliphatic carbocycles. The molecule has 1 aliphatic rings. The highest BCUT2D eigenvalue weighted by atomic mass is 16.3. The first-order valence-corrected chi connectivity index (χ1v) is 6.21. The van der Waals surface area contributed by atoms with E-state index >= 15 is 0 Å². The van der Waals surface area contributed by atoms with E-state index in [-0.39, 0.29) is 28.4 Å². The number of likely N-dealkylation sites (tertiary alicyclic amines) is 1. The molecule has 2 N–H and O–H groups in total. The minimum atomic E-state index is -0.327. The molecule has 1 heterocycles. The van der Waals surface area contributed by atoms with Crippen LogP contribution in [0.15, 0.2) is 18.2 Å². The summed E-state index contributed by atoms with van der Waals surface area (Å²) in [6.07, 6.45) is 1.91. The van der Waals surface area contributed by atoms with Gasteiger partial charge in [0, 0.05) is 13.1 Å². The molecular formula is C14H19NO3. The fourth-order valence-electron chi connectivity index (χ4n) is 2.19. The summed E-state index contributed by atoms with van der Waals surface area (Å²) in [6.45, 7) is 5.78. The third kappa shape index (κ3) is 2.42. The number of aromatic hydroxyl groups is 2. The van der Waals surface area contributed by atoms with E-state index in [4.69, 9.17) is 0 Å². The zero-order valence-corrected chi connectivity index (χ0v) is 10.8. The molecule has 0 radical (unpaired) electrons. The van der Waals surface area contributed by atoms with Crippen LogP contribution in [0.5, 0.6) is 11.5 Å². The number of rotatable bonds is 1. The molecule has 2 rings (SSSR count). The molecule has 0 spiro atoms. The molecule has 98 valence electrons. The van der Waals surface area contributed by atoms with Gasteiger partial charge in [0.2, 0.25) is 0 Å². The van der Waals surface area contributed by atoms with Crippen molar-refractivity contribution in [2.75, 3.05) is 13.1 Å². The van der Waals surface area contributed by atoms with E-state index in [0.29, 0.717) is 13.1 Å². The van der Waals surface area contributed by atoms with Crippen LogP contribution in [0.1, 0.15) is 37.0 Å². The molecule has 4 heteroatoms. The van der Waals surface area contributed by atoms with Crippen molar-refractivity contribution in [2.24, 2.45) is 5.41 Å². The molecule has 0 saturated carbocycles. The Morgan fingerprint density at radius 1 is 1.22 bits per heavy atom. The van der Waals surface area contributed by atoms with Crippen LogP contribution < -0.4 is 0 Å². The number of hydrogen-bond donors (Lipinski definition) is 2. The fraction of sp³-hybridized carbons (Fsp3) is 0.500. The van der Waals surface area contributed by atoms with E-state index < -0.39 is 0 Å². The van der Waals surface area contributed by atoms with Gasteiger partial charge < -0.3 is 15.1 Å². The maximum atomic E-state index is 12.2. The Morgan fingerprint density at radius 2 is 1.83 bits per heavy atom. The van der Waals surface area contributed by atoms with E-state index in [2.05, 4.69) is 13.8 Å². The topological polar surface area (TPSA) is 60.8 Å². The lowest BCUT2D eigenvalue weighted by atomic mass is 9.82. The number of piperidine rings is 1. The summed E-state index contributed by atoms with van der Waals surface area (Å²) in [5, 5.41) is 19.1. The number of phenolic OH excluding ortho intramolecular Hbond substituents is 2. The molecule has 1 aliphatic heterocycles. The van der Waals surface area contributed by atoms with E-state index in [9.17, 15) is 15.0 Å². The Hall–Kier alpha value is -1.71. The lowest BCUT2D eigenvalue weighted by Crippen LogP contribution is -2.41. The molecule has 1 saturated heterocycles. The number of hydrogen-bond acceptors (Lipinski definition) is 3. The van der Waals surface area contributed by atoms with Gasteiger partial charge in [0.25, 0.3) is 5.91 Å². The minimum Gasteiger partial charge on any atom is -0.504 e. The smallest absolute Gasteiger partial charge is 0.257 e. The highest BCUT2D eigenvalue weighted by Gasteiger charge is 2.29. The summed E-state index contributed by atoms with van der Waals surface area (Å²) in [5.41, 5.74) is 0.451. The van der Waals surface area contributed by atoms with Crippen LogP contribution in [0.4, 0.5) is 0 Å². The van der Waals surface area contributed by atoms with Crippen molar-refractivity contribution in [1.29, 1.82) is 0 Å². The van der Waals surface area contributed by atoms with Crippen LogP contribution in [0.25, 0.3) is 0 Å². The monoisotopic (exact) mass is 249 g/mol. The van der Waals surface area contributed by atoms with Gasteiger partial charge in [0.1, 0.15) is 0 Å². The van der Waals surface area contributed by atoms with E-state index in [1.54, 1.807) is 11.0 Å². The standard InChI is InChI=1S/C14H19NO3/c1-14(2)6-8-15(9-7-14)13(18)10-4-3-5-11(16)12(10)17/h3-5,16-17H,6-9H2,1-2H3. The quantitative estimate of drug-likeness (QED) is 0.751. The van der Waals surface area contributed by atoms with Crippen molar-refractivity contribution in [2.45, 2.75) is 26.7 Å². The van der Waals surface area contributed by atoms with Gasteiger partial charge in [-0.25, -0.2) is 0 Å². The molecule has 0 aromatic heterocycles. The van der Waals surface area contributed by atoms with Gasteiger partial charge >= 0.3 is 0 Å². The molecule has 0 atom stereocenters. The van der Waals surface area contributed by atoms with Crippen LogP contribution >= 0.6 is 0 Å². The summed E-state index contributed by atoms with van der Waals surface area (Å²) in [5.74, 6) is -0.788. The maximum Gasteiger partial charge on any atom is 0.257 e. The van der Waals surface area contributed by atoms with Gasteiger partial charge in [0.05, 0.1) is 5.56 Å². The van der Waals surface area contributed by atoms with E-state index in [0.717, 1.165) is 12.8 Å². The molecule has 18 heavy (non-hydrogen) atoms. The predicted octanol–water partition coefficient (Wildman–Crippen LogP) is 2.36. The second-order valence-electron chi connectivity index (χ2n) is 5.63. The largest absolute Gasteiger partial charge is 0.504 e. The Bertz CT molecular complexity index is 458. The number of benzene rings is 1. The van der Waals surface area contributed by atoms with Crippen molar-refractivity contribution in [3.63, 3.8) is 0 Å². The van der Waals surface area contributed by atoms with E-state index in [1.807, 2.05) is 0 Å². The molecule has 1 amide bonds. The highest BCUT2D eigenvalue weighted by molar-refractivity contribution is 5.97. The third-order valence-corrected chi connectivity index (χ3v) is 3.65. The average molecular weight is 249 g/mol. The number of amides is 1. The molecule has 1 fully saturated rings. The Balaban J connectivity index is 2.15. The highest BCUT2D eigenvalue weighted by Crippen LogP contribution is 2.33. The maximum absolute atomic E-state index is 12.2. The lowest BCUT2D eigenvalue weighted by Gasteiger charge is -2.37. The lowest BCUT2D eigenvalue weighted by molar-refractivity contribution is 0.0627. The van der Waals surface area contributed by atoms with Gasteiger partial charge in [0.15, 0.2) is 11.5 Å². The number of nitrogens with zero attached hydrogens (tertiary/aromatic N) is 1. The number of carbonyl (C=O) groups is 1. The number of para-hydroxylation sites is 1. The Kier molecular flexibility index (Phi) is 3.20. The van der Waals surface area contributed by atoms with Crippen molar-refractivity contribution in [1.82, 2.24) is 4.90 Å². The summed E-state index contributed by atoms with van der Waals surface area (Å²) in [4.78, 5) is 14.0. The van der Waals surface area contributed by atoms with Gasteiger partial charge in [-0.1, -0.05) is 19.9 Å². The van der Waals surface area contributed by atoms with Crippen LogP contribution in [-0.4, -0.2) is 34.1 Å². The second-order valence-corrected chi connectivity index (χ2v) is 5.63. The van der Waals surface area contributed by atoms with Gasteiger partial charge in [-0.15, -0.1) is 0 Å². The van der Waals surface area contributed by atoms with Crippen molar-refractivity contribution in [3.8, 4) is 11.5 Å². The minimum absolute atomic E-state index is 0.176. The van der Waals surface area contributed by atoms with E-state index in [1.165, 1.54) is 12.1 Å². The van der Waals surface area contributed by atoms with Crippen LogP contribution in [-0.2, 0) is 0 Å². The molecular weight excluding hydrogens is 230 g/mol. The normalized spacial score (nSPS) is 18.7. The predicted molar refractivity (Wildman–Crippen MR) is 68.7 cm³/mol. The van der Waals surface area contributed by atoms with Crippen LogP contribution in [0.3, 0.4) is 0 Å². The molecule has 0 unspecified atom stereocenters. The summed E-state index contributed by atoms with van der Waals surface area (Å²) in [7, 11) is 0. The average Bonchev–Trinajstić information content (AvgIpc) is 2.32. The molecule has 4 nitrogen and oxygen atoms in total. The molecule has 0 bridgehead atoms. The van der Waals surface area contributed by atoms with Gasteiger partial charge in [-0.3, -0.25) is 4.79 Å². The summed E-state index contributed by atoms with van der Waals surface area (Å²) in [6, 6.07) is 4.47. The van der Waals surface area contributed by atoms with Gasteiger partial charge in [-0.2, -0.15) is 0 Å². The van der Waals surface area contributed by atoms with Crippen molar-refractivity contribution in [3.05, 3.63) is 23.8 Å². The second kappa shape index (κ2) is 4.52. The fourth-order valence-corrected chi connectivity index (χ4v) is 2.19. The Labute approximate surface area is 107 Å². The third-order valence-electron chi connectivity index (χ3n) is 3.65. The van der Waals surface area contributed by atoms with Gasteiger partial charge in [-0.05, 0) is 30.4 Å².